The van der Waals surface area contributed by atoms with Gasteiger partial charge < -0.3 is 20.1 Å². The van der Waals surface area contributed by atoms with Crippen molar-refractivity contribution in [2.45, 2.75) is 45.8 Å². The summed E-state index contributed by atoms with van der Waals surface area (Å²) < 4.78 is 11.1. The number of benzene rings is 1. The van der Waals surface area contributed by atoms with Crippen LogP contribution < -0.4 is 10.6 Å². The molecule has 3 rings (SSSR count). The highest BCUT2D eigenvalue weighted by Crippen LogP contribution is 2.40. The van der Waals surface area contributed by atoms with Crippen LogP contribution in [-0.4, -0.2) is 36.4 Å². The highest BCUT2D eigenvalue weighted by molar-refractivity contribution is 7.80. The molecule has 0 spiro atoms. The molecule has 0 aliphatic carbocycles. The Morgan fingerprint density at radius 1 is 1.39 bits per heavy atom. The Kier molecular flexibility index (Phi) is 7.04. The number of hydrogen-bond acceptors (Lipinski definition) is 5. The molecule has 1 aromatic carbocycles. The summed E-state index contributed by atoms with van der Waals surface area (Å²) in [5.41, 5.74) is 2.41. The topological polar surface area (TPSA) is 59.6 Å². The Bertz CT molecular complexity index is 830. The molecule has 1 aliphatic rings. The number of rotatable bonds is 6. The molecule has 2 heterocycles. The van der Waals surface area contributed by atoms with Crippen LogP contribution in [0.4, 0.5) is 5.00 Å². The summed E-state index contributed by atoms with van der Waals surface area (Å²) in [7, 11) is 0. The van der Waals surface area contributed by atoms with E-state index in [1.807, 2.05) is 44.2 Å². The summed E-state index contributed by atoms with van der Waals surface area (Å²) in [5, 5.41) is 7.69. The predicted molar refractivity (Wildman–Crippen MR) is 118 cm³/mol. The van der Waals surface area contributed by atoms with Crippen LogP contribution in [-0.2, 0) is 9.47 Å². The molecule has 0 saturated carbocycles. The zero-order valence-corrected chi connectivity index (χ0v) is 18.0. The van der Waals surface area contributed by atoms with Crippen molar-refractivity contribution in [3.8, 4) is 11.1 Å². The SMILES string of the molecule is CCOC(=O)c1c(NC(=S)N[C@H](C)[C@@H]2CCCO2)sc(C)c1-c1ccccc1. The van der Waals surface area contributed by atoms with E-state index in [1.54, 1.807) is 0 Å². The van der Waals surface area contributed by atoms with Gasteiger partial charge in [0.25, 0.3) is 0 Å². The van der Waals surface area contributed by atoms with Crippen LogP contribution in [0.5, 0.6) is 0 Å². The average molecular weight is 419 g/mol. The van der Waals surface area contributed by atoms with E-state index >= 15 is 0 Å². The number of thiocarbonyl (C=S) groups is 1. The fourth-order valence-electron chi connectivity index (χ4n) is 3.42. The van der Waals surface area contributed by atoms with Gasteiger partial charge in [-0.2, -0.15) is 0 Å². The van der Waals surface area contributed by atoms with Gasteiger partial charge in [-0.05, 0) is 51.4 Å². The van der Waals surface area contributed by atoms with Gasteiger partial charge in [-0.1, -0.05) is 30.3 Å². The molecule has 5 nitrogen and oxygen atoms in total. The van der Waals surface area contributed by atoms with E-state index in [9.17, 15) is 4.79 Å². The van der Waals surface area contributed by atoms with E-state index in [2.05, 4.69) is 17.6 Å². The summed E-state index contributed by atoms with van der Waals surface area (Å²) in [6, 6.07) is 9.98. The van der Waals surface area contributed by atoms with E-state index in [0.29, 0.717) is 22.3 Å². The lowest BCUT2D eigenvalue weighted by atomic mass is 10.0. The fourth-order valence-corrected chi connectivity index (χ4v) is 4.84. The predicted octanol–water partition coefficient (Wildman–Crippen LogP) is 4.75. The van der Waals surface area contributed by atoms with Crippen molar-refractivity contribution in [3.05, 3.63) is 40.8 Å². The van der Waals surface area contributed by atoms with Gasteiger partial charge in [0.15, 0.2) is 5.11 Å². The lowest BCUT2D eigenvalue weighted by molar-refractivity contribution is 0.0529. The summed E-state index contributed by atoms with van der Waals surface area (Å²) in [6.07, 6.45) is 2.27. The number of nitrogens with one attached hydrogen (secondary N) is 2. The minimum Gasteiger partial charge on any atom is -0.462 e. The molecule has 2 atom stereocenters. The van der Waals surface area contributed by atoms with Crippen LogP contribution in [0.2, 0.25) is 0 Å². The molecule has 1 aliphatic heterocycles. The number of anilines is 1. The molecule has 0 amide bonds. The Morgan fingerprint density at radius 3 is 2.79 bits per heavy atom. The molecule has 1 aromatic heterocycles. The van der Waals surface area contributed by atoms with Crippen LogP contribution in [0, 0.1) is 6.92 Å². The molecular formula is C21H26N2O3S2. The summed E-state index contributed by atoms with van der Waals surface area (Å²) in [6.45, 7) is 6.99. The molecule has 7 heteroatoms. The second-order valence-electron chi connectivity index (χ2n) is 6.76. The van der Waals surface area contributed by atoms with Crippen molar-refractivity contribution in [1.82, 2.24) is 5.32 Å². The summed E-state index contributed by atoms with van der Waals surface area (Å²) >= 11 is 7.01. The quantitative estimate of drug-likeness (QED) is 0.521. The smallest absolute Gasteiger partial charge is 0.341 e. The Balaban J connectivity index is 1.85. The van der Waals surface area contributed by atoms with Crippen LogP contribution in [0.3, 0.4) is 0 Å². The van der Waals surface area contributed by atoms with Crippen molar-refractivity contribution in [2.75, 3.05) is 18.5 Å². The number of esters is 1. The molecule has 0 radical (unpaired) electrons. The first-order chi connectivity index (χ1) is 13.5. The van der Waals surface area contributed by atoms with Crippen LogP contribution in [0.15, 0.2) is 30.3 Å². The van der Waals surface area contributed by atoms with Crippen molar-refractivity contribution in [2.24, 2.45) is 0 Å². The van der Waals surface area contributed by atoms with Crippen molar-refractivity contribution >= 4 is 39.6 Å². The minimum absolute atomic E-state index is 0.100. The minimum atomic E-state index is -0.344. The molecule has 1 fully saturated rings. The number of carbonyl (C=O) groups excluding carboxylic acids is 1. The first-order valence-corrected chi connectivity index (χ1v) is 10.8. The molecule has 1 saturated heterocycles. The molecule has 150 valence electrons. The molecule has 2 N–H and O–H groups in total. The molecule has 0 bridgehead atoms. The van der Waals surface area contributed by atoms with Gasteiger partial charge >= 0.3 is 5.97 Å². The van der Waals surface area contributed by atoms with E-state index in [0.717, 1.165) is 35.5 Å². The first kappa shape index (κ1) is 20.8. The van der Waals surface area contributed by atoms with E-state index in [1.165, 1.54) is 11.3 Å². The molecule has 2 aromatic rings. The number of aryl methyl sites for hydroxylation is 1. The van der Waals surface area contributed by atoms with Gasteiger partial charge in [0.2, 0.25) is 0 Å². The maximum absolute atomic E-state index is 12.7. The van der Waals surface area contributed by atoms with Gasteiger partial charge in [0.05, 0.1) is 18.8 Å². The zero-order valence-electron chi connectivity index (χ0n) is 16.4. The molecule has 28 heavy (non-hydrogen) atoms. The lowest BCUT2D eigenvalue weighted by Crippen LogP contribution is -2.42. The Hall–Kier alpha value is -1.96. The maximum Gasteiger partial charge on any atom is 0.341 e. The van der Waals surface area contributed by atoms with Crippen molar-refractivity contribution in [3.63, 3.8) is 0 Å². The molecular weight excluding hydrogens is 392 g/mol. The van der Waals surface area contributed by atoms with Crippen LogP contribution in [0.25, 0.3) is 11.1 Å². The van der Waals surface area contributed by atoms with Gasteiger partial charge in [0.1, 0.15) is 10.6 Å². The standard InChI is InChI=1S/C21H26N2O3S2/c1-4-25-20(24)18-17(15-9-6-5-7-10-15)14(3)28-19(18)23-21(27)22-13(2)16-11-8-12-26-16/h5-7,9-10,13,16H,4,8,11-12H2,1-3H3,(H2,22,23,27)/t13-,16+/m1/s1. The fraction of sp³-hybridized carbons (Fsp3) is 0.429. The second-order valence-corrected chi connectivity index (χ2v) is 8.40. The summed E-state index contributed by atoms with van der Waals surface area (Å²) in [5.74, 6) is -0.344. The number of carbonyl (C=O) groups is 1. The van der Waals surface area contributed by atoms with Crippen molar-refractivity contribution in [1.29, 1.82) is 0 Å². The van der Waals surface area contributed by atoms with Crippen LogP contribution in [0.1, 0.15) is 41.9 Å². The van der Waals surface area contributed by atoms with E-state index < -0.39 is 0 Å². The number of ether oxygens (including phenoxy) is 2. The average Bonchev–Trinajstić information content (AvgIpc) is 3.30. The third kappa shape index (κ3) is 4.71. The van der Waals surface area contributed by atoms with Gasteiger partial charge in [0, 0.05) is 17.0 Å². The van der Waals surface area contributed by atoms with Crippen molar-refractivity contribution < 1.29 is 14.3 Å². The third-order valence-electron chi connectivity index (χ3n) is 4.73. The highest BCUT2D eigenvalue weighted by atomic mass is 32.1. The van der Waals surface area contributed by atoms with Gasteiger partial charge in [-0.25, -0.2) is 4.79 Å². The maximum atomic E-state index is 12.7. The normalized spacial score (nSPS) is 17.2. The monoisotopic (exact) mass is 418 g/mol. The Morgan fingerprint density at radius 2 is 2.14 bits per heavy atom. The zero-order chi connectivity index (χ0) is 20.1. The third-order valence-corrected chi connectivity index (χ3v) is 5.98. The van der Waals surface area contributed by atoms with Gasteiger partial charge in [-0.15, -0.1) is 11.3 Å². The summed E-state index contributed by atoms with van der Waals surface area (Å²) in [4.78, 5) is 13.8. The number of hydrogen-bond donors (Lipinski definition) is 2. The van der Waals surface area contributed by atoms with E-state index in [-0.39, 0.29) is 18.1 Å². The van der Waals surface area contributed by atoms with Gasteiger partial charge in [-0.3, -0.25) is 0 Å². The molecule has 0 unspecified atom stereocenters. The second kappa shape index (κ2) is 9.49. The van der Waals surface area contributed by atoms with Crippen LogP contribution >= 0.6 is 23.6 Å². The van der Waals surface area contributed by atoms with E-state index in [4.69, 9.17) is 21.7 Å². The largest absolute Gasteiger partial charge is 0.462 e. The Labute approximate surface area is 175 Å². The highest BCUT2D eigenvalue weighted by Gasteiger charge is 2.26. The first-order valence-electron chi connectivity index (χ1n) is 9.56. The number of thiophene rings is 1. The lowest BCUT2D eigenvalue weighted by Gasteiger charge is -2.22.